The van der Waals surface area contributed by atoms with Crippen LogP contribution in [0.2, 0.25) is 0 Å². The van der Waals surface area contributed by atoms with Gasteiger partial charge in [0.15, 0.2) is 0 Å². The zero-order valence-electron chi connectivity index (χ0n) is 15.3. The molecule has 0 spiro atoms. The molecule has 1 aromatic rings. The van der Waals surface area contributed by atoms with Gasteiger partial charge in [-0.25, -0.2) is 8.42 Å². The molecule has 0 aliphatic heterocycles. The van der Waals surface area contributed by atoms with E-state index < -0.39 is 10.0 Å². The SMILES string of the molecule is CC(C)=C(CC(=C(C)C)C(C)C)NS(=O)(=O)c1ccc(C)cc1. The van der Waals surface area contributed by atoms with E-state index >= 15 is 0 Å². The lowest BCUT2D eigenvalue weighted by atomic mass is 9.93. The monoisotopic (exact) mass is 335 g/mol. The first-order chi connectivity index (χ1) is 10.5. The first-order valence-corrected chi connectivity index (χ1v) is 9.45. The van der Waals surface area contributed by atoms with E-state index in [9.17, 15) is 8.42 Å². The molecular weight excluding hydrogens is 306 g/mol. The molecular formula is C19H29NO2S. The van der Waals surface area contributed by atoms with Gasteiger partial charge >= 0.3 is 0 Å². The average Bonchev–Trinajstić information content (AvgIpc) is 2.42. The summed E-state index contributed by atoms with van der Waals surface area (Å²) in [6.45, 7) is 14.2. The molecule has 0 aliphatic carbocycles. The number of allylic oxidation sites excluding steroid dienone is 3. The lowest BCUT2D eigenvalue weighted by Crippen LogP contribution is -2.25. The second-order valence-electron chi connectivity index (χ2n) is 6.75. The maximum Gasteiger partial charge on any atom is 0.261 e. The molecule has 0 heterocycles. The van der Waals surface area contributed by atoms with Crippen molar-refractivity contribution in [2.45, 2.75) is 59.8 Å². The molecule has 0 fully saturated rings. The van der Waals surface area contributed by atoms with Gasteiger partial charge in [-0.2, -0.15) is 0 Å². The van der Waals surface area contributed by atoms with E-state index in [1.54, 1.807) is 12.1 Å². The Labute approximate surface area is 141 Å². The first-order valence-electron chi connectivity index (χ1n) is 7.96. The van der Waals surface area contributed by atoms with Crippen molar-refractivity contribution >= 4 is 10.0 Å². The normalized spacial score (nSPS) is 11.3. The van der Waals surface area contributed by atoms with Crippen LogP contribution in [-0.4, -0.2) is 8.42 Å². The number of hydrogen-bond acceptors (Lipinski definition) is 2. The van der Waals surface area contributed by atoms with Crippen LogP contribution < -0.4 is 4.72 Å². The van der Waals surface area contributed by atoms with Crippen LogP contribution in [0.1, 0.15) is 53.5 Å². The molecule has 0 atom stereocenters. The van der Waals surface area contributed by atoms with Crippen molar-refractivity contribution in [3.8, 4) is 0 Å². The fourth-order valence-corrected chi connectivity index (χ4v) is 3.62. The van der Waals surface area contributed by atoms with Gasteiger partial charge in [-0.05, 0) is 52.7 Å². The van der Waals surface area contributed by atoms with Crippen molar-refractivity contribution in [2.75, 3.05) is 0 Å². The van der Waals surface area contributed by atoms with Crippen LogP contribution in [-0.2, 0) is 10.0 Å². The van der Waals surface area contributed by atoms with Crippen LogP contribution in [0.3, 0.4) is 0 Å². The number of aryl methyl sites for hydroxylation is 1. The molecule has 0 aliphatic rings. The Morgan fingerprint density at radius 2 is 1.52 bits per heavy atom. The maximum absolute atomic E-state index is 12.6. The van der Waals surface area contributed by atoms with E-state index in [1.807, 2.05) is 32.9 Å². The summed E-state index contributed by atoms with van der Waals surface area (Å²) in [5, 5.41) is 0. The summed E-state index contributed by atoms with van der Waals surface area (Å²) in [4.78, 5) is 0.296. The smallest absolute Gasteiger partial charge is 0.261 e. The number of sulfonamides is 1. The zero-order valence-corrected chi connectivity index (χ0v) is 16.1. The summed E-state index contributed by atoms with van der Waals surface area (Å²) in [6, 6.07) is 6.91. The largest absolute Gasteiger partial charge is 0.283 e. The Balaban J connectivity index is 3.13. The molecule has 1 N–H and O–H groups in total. The van der Waals surface area contributed by atoms with Crippen molar-refractivity contribution in [3.63, 3.8) is 0 Å². The summed E-state index contributed by atoms with van der Waals surface area (Å²) in [5.74, 6) is 0.387. The molecule has 0 radical (unpaired) electrons. The van der Waals surface area contributed by atoms with E-state index in [2.05, 4.69) is 32.4 Å². The van der Waals surface area contributed by atoms with Crippen LogP contribution in [0.4, 0.5) is 0 Å². The molecule has 4 heteroatoms. The summed E-state index contributed by atoms with van der Waals surface area (Å²) in [7, 11) is -3.55. The second kappa shape index (κ2) is 7.82. The average molecular weight is 336 g/mol. The Morgan fingerprint density at radius 1 is 1.00 bits per heavy atom. The van der Waals surface area contributed by atoms with Gasteiger partial charge in [0.25, 0.3) is 10.0 Å². The molecule has 1 rings (SSSR count). The highest BCUT2D eigenvalue weighted by Gasteiger charge is 2.18. The Morgan fingerprint density at radius 3 is 1.91 bits per heavy atom. The van der Waals surface area contributed by atoms with Gasteiger partial charge < -0.3 is 0 Å². The third-order valence-electron chi connectivity index (χ3n) is 3.90. The van der Waals surface area contributed by atoms with E-state index in [0.29, 0.717) is 17.2 Å². The lowest BCUT2D eigenvalue weighted by molar-refractivity contribution is 0.586. The van der Waals surface area contributed by atoms with Crippen molar-refractivity contribution < 1.29 is 8.42 Å². The molecule has 0 saturated heterocycles. The topological polar surface area (TPSA) is 46.2 Å². The Hall–Kier alpha value is -1.55. The number of hydrogen-bond donors (Lipinski definition) is 1. The van der Waals surface area contributed by atoms with Crippen molar-refractivity contribution in [3.05, 3.63) is 52.2 Å². The Bertz CT molecular complexity index is 700. The standard InChI is InChI=1S/C19H29NO2S/c1-13(2)18(14(3)4)12-19(15(5)6)20-23(21,22)17-10-8-16(7)9-11-17/h8-11,13,20H,12H2,1-7H3. The number of benzene rings is 1. The van der Waals surface area contributed by atoms with Crippen LogP contribution in [0.5, 0.6) is 0 Å². The highest BCUT2D eigenvalue weighted by Crippen LogP contribution is 2.24. The zero-order chi connectivity index (χ0) is 17.8. The quantitative estimate of drug-likeness (QED) is 0.748. The van der Waals surface area contributed by atoms with Crippen molar-refractivity contribution in [2.24, 2.45) is 5.92 Å². The number of nitrogens with one attached hydrogen (secondary N) is 1. The molecule has 0 amide bonds. The molecule has 128 valence electrons. The summed E-state index contributed by atoms with van der Waals surface area (Å²) >= 11 is 0. The molecule has 0 bridgehead atoms. The third kappa shape index (κ3) is 5.54. The van der Waals surface area contributed by atoms with Gasteiger partial charge in [-0.3, -0.25) is 4.72 Å². The van der Waals surface area contributed by atoms with Gasteiger partial charge in [0.05, 0.1) is 4.90 Å². The van der Waals surface area contributed by atoms with Crippen molar-refractivity contribution in [1.29, 1.82) is 0 Å². The van der Waals surface area contributed by atoms with Gasteiger partial charge in [-0.1, -0.05) is 48.3 Å². The molecule has 1 aromatic carbocycles. The highest BCUT2D eigenvalue weighted by molar-refractivity contribution is 7.89. The van der Waals surface area contributed by atoms with Gasteiger partial charge in [-0.15, -0.1) is 0 Å². The van der Waals surface area contributed by atoms with Gasteiger partial charge in [0.2, 0.25) is 0 Å². The number of rotatable bonds is 6. The molecule has 0 aromatic heterocycles. The predicted octanol–water partition coefficient (Wildman–Crippen LogP) is 4.95. The van der Waals surface area contributed by atoms with Crippen LogP contribution >= 0.6 is 0 Å². The minimum absolute atomic E-state index is 0.296. The molecule has 0 saturated carbocycles. The summed E-state index contributed by atoms with van der Waals surface area (Å²) < 4.78 is 28.0. The minimum Gasteiger partial charge on any atom is -0.283 e. The van der Waals surface area contributed by atoms with E-state index in [4.69, 9.17) is 0 Å². The van der Waals surface area contributed by atoms with Crippen LogP contribution in [0.15, 0.2) is 51.6 Å². The molecule has 3 nitrogen and oxygen atoms in total. The minimum atomic E-state index is -3.55. The third-order valence-corrected chi connectivity index (χ3v) is 5.31. The fourth-order valence-electron chi connectivity index (χ4n) is 2.40. The molecule has 23 heavy (non-hydrogen) atoms. The highest BCUT2D eigenvalue weighted by atomic mass is 32.2. The first kappa shape index (κ1) is 19.5. The van der Waals surface area contributed by atoms with E-state index in [1.165, 1.54) is 11.1 Å². The van der Waals surface area contributed by atoms with Crippen LogP contribution in [0.25, 0.3) is 0 Å². The molecule has 0 unspecified atom stereocenters. The van der Waals surface area contributed by atoms with E-state index in [-0.39, 0.29) is 0 Å². The second-order valence-corrected chi connectivity index (χ2v) is 8.44. The predicted molar refractivity (Wildman–Crippen MR) is 97.7 cm³/mol. The fraction of sp³-hybridized carbons (Fsp3) is 0.474. The van der Waals surface area contributed by atoms with E-state index in [0.717, 1.165) is 16.8 Å². The van der Waals surface area contributed by atoms with Gasteiger partial charge in [0, 0.05) is 12.1 Å². The Kier molecular flexibility index (Phi) is 6.63. The van der Waals surface area contributed by atoms with Crippen molar-refractivity contribution in [1.82, 2.24) is 4.72 Å². The maximum atomic E-state index is 12.6. The summed E-state index contributed by atoms with van der Waals surface area (Å²) in [5.41, 5.74) is 5.30. The lowest BCUT2D eigenvalue weighted by Gasteiger charge is -2.19. The van der Waals surface area contributed by atoms with Crippen LogP contribution in [0, 0.1) is 12.8 Å². The van der Waals surface area contributed by atoms with Gasteiger partial charge in [0.1, 0.15) is 0 Å². The summed E-state index contributed by atoms with van der Waals surface area (Å²) in [6.07, 6.45) is 0.632.